The van der Waals surface area contributed by atoms with Crippen molar-refractivity contribution in [3.8, 4) is 0 Å². The highest BCUT2D eigenvalue weighted by Gasteiger charge is 2.32. The Bertz CT molecular complexity index is 797. The van der Waals surface area contributed by atoms with Gasteiger partial charge in [0.05, 0.1) is 5.66 Å². The van der Waals surface area contributed by atoms with Gasteiger partial charge in [-0.2, -0.15) is 0 Å². The molecule has 3 aromatic rings. The third-order valence-electron chi connectivity index (χ3n) is 3.97. The Labute approximate surface area is 138 Å². The average molecular weight is 316 g/mol. The maximum absolute atomic E-state index is 6.43. The molecular formula is C21H17OP. The Balaban J connectivity index is 1.75. The van der Waals surface area contributed by atoms with Crippen molar-refractivity contribution in [1.29, 1.82) is 0 Å². The third kappa shape index (κ3) is 2.93. The molecule has 1 aliphatic rings. The second-order valence-electron chi connectivity index (χ2n) is 5.51. The van der Waals surface area contributed by atoms with Crippen LogP contribution < -0.4 is 5.30 Å². The molecule has 0 aromatic heterocycles. The monoisotopic (exact) mass is 316 g/mol. The fourth-order valence-electron chi connectivity index (χ4n) is 2.83. The fourth-order valence-corrected chi connectivity index (χ4v) is 4.92. The molecule has 0 radical (unpaired) electrons. The molecule has 0 spiro atoms. The second-order valence-corrected chi connectivity index (χ2v) is 7.41. The Morgan fingerprint density at radius 2 is 1.22 bits per heavy atom. The molecule has 1 nitrogen and oxygen atoms in total. The van der Waals surface area contributed by atoms with Crippen LogP contribution in [0, 0.1) is 0 Å². The molecule has 0 N–H and O–H groups in total. The highest BCUT2D eigenvalue weighted by Crippen LogP contribution is 2.60. The lowest BCUT2D eigenvalue weighted by Gasteiger charge is -2.19. The first-order chi connectivity index (χ1) is 11.4. The molecule has 0 amide bonds. The molecule has 112 valence electrons. The van der Waals surface area contributed by atoms with Gasteiger partial charge in [0, 0.05) is 10.9 Å². The summed E-state index contributed by atoms with van der Waals surface area (Å²) in [6.07, 6.45) is 2.28. The van der Waals surface area contributed by atoms with Crippen molar-refractivity contribution in [3.63, 3.8) is 0 Å². The molecule has 23 heavy (non-hydrogen) atoms. The van der Waals surface area contributed by atoms with Gasteiger partial charge in [0.2, 0.25) is 0 Å². The van der Waals surface area contributed by atoms with E-state index in [9.17, 15) is 0 Å². The lowest BCUT2D eigenvalue weighted by atomic mass is 10.1. The van der Waals surface area contributed by atoms with Crippen molar-refractivity contribution in [3.05, 3.63) is 108 Å². The van der Waals surface area contributed by atoms with Crippen LogP contribution in [0.4, 0.5) is 0 Å². The van der Waals surface area contributed by atoms with Gasteiger partial charge in [-0.3, -0.25) is 0 Å². The van der Waals surface area contributed by atoms with E-state index in [0.29, 0.717) is 5.66 Å². The van der Waals surface area contributed by atoms with Gasteiger partial charge in [0.1, 0.15) is 13.9 Å². The second kappa shape index (κ2) is 6.40. The molecule has 0 bridgehead atoms. The Morgan fingerprint density at radius 1 is 0.652 bits per heavy atom. The topological polar surface area (TPSA) is 9.23 Å². The van der Waals surface area contributed by atoms with Gasteiger partial charge in [-0.1, -0.05) is 91.0 Å². The van der Waals surface area contributed by atoms with E-state index in [1.165, 1.54) is 10.9 Å². The molecule has 3 aromatic carbocycles. The minimum absolute atomic E-state index is 0.295. The smallest absolute Gasteiger partial charge is 0.130 e. The van der Waals surface area contributed by atoms with Crippen LogP contribution in [0.15, 0.2) is 97.1 Å². The van der Waals surface area contributed by atoms with Gasteiger partial charge in [0.25, 0.3) is 0 Å². The quantitative estimate of drug-likeness (QED) is 0.578. The van der Waals surface area contributed by atoms with Crippen LogP contribution in [0.5, 0.6) is 0 Å². The van der Waals surface area contributed by atoms with Crippen LogP contribution in [0.1, 0.15) is 16.8 Å². The lowest BCUT2D eigenvalue weighted by Crippen LogP contribution is -2.04. The molecule has 2 atom stereocenters. The minimum atomic E-state index is -0.735. The molecule has 0 fully saturated rings. The largest absolute Gasteiger partial charge is 0.468 e. The fraction of sp³-hybridized carbons (Fsp3) is 0.0476. The normalized spacial score (nSPS) is 19.9. The number of rotatable bonds is 3. The Kier molecular flexibility index (Phi) is 3.96. The van der Waals surface area contributed by atoms with E-state index in [0.717, 1.165) is 11.3 Å². The van der Waals surface area contributed by atoms with Gasteiger partial charge in [-0.25, -0.2) is 0 Å². The van der Waals surface area contributed by atoms with Crippen LogP contribution in [0.25, 0.3) is 5.76 Å². The van der Waals surface area contributed by atoms with Gasteiger partial charge >= 0.3 is 0 Å². The standard InChI is InChI=1S/C21H17OP/c1-4-10-17(11-5-1)20-16-21(18-12-6-2-7-13-18)23(22-20)19-14-8-3-9-15-19/h1-16,21H/t21-,23?/m1/s1. The van der Waals surface area contributed by atoms with E-state index in [2.05, 4.69) is 91.0 Å². The van der Waals surface area contributed by atoms with E-state index < -0.39 is 8.15 Å². The van der Waals surface area contributed by atoms with Gasteiger partial charge in [0.15, 0.2) is 0 Å². The summed E-state index contributed by atoms with van der Waals surface area (Å²) >= 11 is 0. The number of hydrogen-bond donors (Lipinski definition) is 0. The van der Waals surface area contributed by atoms with Gasteiger partial charge < -0.3 is 4.52 Å². The molecule has 1 heterocycles. The average Bonchev–Trinajstić information content (AvgIpc) is 3.09. The lowest BCUT2D eigenvalue weighted by molar-refractivity contribution is 0.591. The van der Waals surface area contributed by atoms with Crippen molar-refractivity contribution in [2.45, 2.75) is 5.66 Å². The number of hydrogen-bond acceptors (Lipinski definition) is 1. The summed E-state index contributed by atoms with van der Waals surface area (Å²) in [5, 5.41) is 1.28. The van der Waals surface area contributed by atoms with E-state index in [1.807, 2.05) is 6.07 Å². The number of allylic oxidation sites excluding steroid dienone is 1. The molecule has 1 unspecified atom stereocenters. The first kappa shape index (κ1) is 14.2. The van der Waals surface area contributed by atoms with Crippen LogP contribution >= 0.6 is 8.15 Å². The zero-order valence-electron chi connectivity index (χ0n) is 12.7. The first-order valence-corrected chi connectivity index (χ1v) is 9.09. The summed E-state index contributed by atoms with van der Waals surface area (Å²) < 4.78 is 6.43. The van der Waals surface area contributed by atoms with E-state index in [4.69, 9.17) is 4.52 Å². The maximum atomic E-state index is 6.43. The van der Waals surface area contributed by atoms with Crippen molar-refractivity contribution in [2.75, 3.05) is 0 Å². The predicted molar refractivity (Wildman–Crippen MR) is 97.7 cm³/mol. The summed E-state index contributed by atoms with van der Waals surface area (Å²) in [4.78, 5) is 0. The van der Waals surface area contributed by atoms with E-state index in [-0.39, 0.29) is 0 Å². The highest BCUT2D eigenvalue weighted by atomic mass is 31.1. The summed E-state index contributed by atoms with van der Waals surface area (Å²) in [5.74, 6) is 0.995. The maximum Gasteiger partial charge on any atom is 0.130 e. The van der Waals surface area contributed by atoms with Crippen molar-refractivity contribution in [1.82, 2.24) is 0 Å². The van der Waals surface area contributed by atoms with Crippen LogP contribution in [-0.2, 0) is 4.52 Å². The number of benzene rings is 3. The van der Waals surface area contributed by atoms with Crippen LogP contribution in [-0.4, -0.2) is 0 Å². The first-order valence-electron chi connectivity index (χ1n) is 7.76. The van der Waals surface area contributed by atoms with Crippen molar-refractivity contribution < 1.29 is 4.52 Å². The zero-order valence-corrected chi connectivity index (χ0v) is 13.6. The predicted octanol–water partition coefficient (Wildman–Crippen LogP) is 5.52. The summed E-state index contributed by atoms with van der Waals surface area (Å²) in [6.45, 7) is 0. The molecule has 2 heteroatoms. The molecule has 4 rings (SSSR count). The molecule has 1 aliphatic heterocycles. The van der Waals surface area contributed by atoms with Crippen molar-refractivity contribution >= 4 is 19.2 Å². The highest BCUT2D eigenvalue weighted by molar-refractivity contribution is 7.62. The minimum Gasteiger partial charge on any atom is -0.468 e. The van der Waals surface area contributed by atoms with Crippen LogP contribution in [0.3, 0.4) is 0 Å². The van der Waals surface area contributed by atoms with Crippen molar-refractivity contribution in [2.24, 2.45) is 0 Å². The SMILES string of the molecule is C1=C(c2ccccc2)OP(c2ccccc2)[C@H]1c1ccccc1. The van der Waals surface area contributed by atoms with E-state index >= 15 is 0 Å². The third-order valence-corrected chi connectivity index (χ3v) is 6.12. The summed E-state index contributed by atoms with van der Waals surface area (Å²) in [6, 6.07) is 31.6. The molecular weight excluding hydrogens is 299 g/mol. The van der Waals surface area contributed by atoms with Crippen LogP contribution in [0.2, 0.25) is 0 Å². The molecule has 0 saturated carbocycles. The van der Waals surface area contributed by atoms with Gasteiger partial charge in [-0.15, -0.1) is 0 Å². The Hall–Kier alpha value is -2.37. The van der Waals surface area contributed by atoms with Gasteiger partial charge in [-0.05, 0) is 11.6 Å². The molecule has 0 aliphatic carbocycles. The zero-order chi connectivity index (χ0) is 15.5. The summed E-state index contributed by atoms with van der Waals surface area (Å²) in [7, 11) is -0.735. The Morgan fingerprint density at radius 3 is 1.87 bits per heavy atom. The summed E-state index contributed by atoms with van der Waals surface area (Å²) in [5.41, 5.74) is 2.76. The molecule has 0 saturated heterocycles. The van der Waals surface area contributed by atoms with E-state index in [1.54, 1.807) is 0 Å².